The Labute approximate surface area is 179 Å². The number of aromatic nitrogens is 2. The predicted octanol–water partition coefficient (Wildman–Crippen LogP) is 3.44. The van der Waals surface area contributed by atoms with Gasteiger partial charge in [0.25, 0.3) is 15.9 Å². The fraction of sp³-hybridized carbons (Fsp3) is 0.190. The van der Waals surface area contributed by atoms with Crippen LogP contribution in [0.15, 0.2) is 59.5 Å². The summed E-state index contributed by atoms with van der Waals surface area (Å²) >= 11 is 0. The highest BCUT2D eigenvalue weighted by Gasteiger charge is 2.18. The zero-order chi connectivity index (χ0) is 22.6. The van der Waals surface area contributed by atoms with Crippen LogP contribution < -0.4 is 14.8 Å². The third kappa shape index (κ3) is 5.98. The summed E-state index contributed by atoms with van der Waals surface area (Å²) in [6.07, 6.45) is -0.850. The zero-order valence-corrected chi connectivity index (χ0v) is 17.9. The van der Waals surface area contributed by atoms with E-state index in [1.165, 1.54) is 48.5 Å². The predicted molar refractivity (Wildman–Crippen MR) is 114 cm³/mol. The van der Waals surface area contributed by atoms with Crippen LogP contribution >= 0.6 is 0 Å². The van der Waals surface area contributed by atoms with Gasteiger partial charge in [0.1, 0.15) is 11.6 Å². The first kappa shape index (κ1) is 22.2. The first-order valence-corrected chi connectivity index (χ1v) is 10.8. The molecule has 2 N–H and O–H groups in total. The van der Waals surface area contributed by atoms with Gasteiger partial charge >= 0.3 is 0 Å². The van der Waals surface area contributed by atoms with E-state index in [1.54, 1.807) is 26.8 Å². The molecule has 0 aliphatic rings. The lowest BCUT2D eigenvalue weighted by Crippen LogP contribution is -2.30. The molecule has 0 spiro atoms. The van der Waals surface area contributed by atoms with E-state index in [0.29, 0.717) is 22.8 Å². The first-order valence-electron chi connectivity index (χ1n) is 9.31. The molecule has 31 heavy (non-hydrogen) atoms. The molecular formula is C21H21FN4O4S. The van der Waals surface area contributed by atoms with Gasteiger partial charge in [-0.05, 0) is 75.4 Å². The highest BCUT2D eigenvalue weighted by molar-refractivity contribution is 7.92. The SMILES string of the molecule is Cc1cc(C)nc(NS(=O)(=O)c2ccc(NC(=O)[C@H](C)Oc3ccc(F)cc3)cc2)n1. The van der Waals surface area contributed by atoms with Crippen molar-refractivity contribution < 1.29 is 22.3 Å². The Bertz CT molecular complexity index is 1160. The van der Waals surface area contributed by atoms with Crippen LogP contribution in [0.3, 0.4) is 0 Å². The largest absolute Gasteiger partial charge is 0.481 e. The van der Waals surface area contributed by atoms with Crippen molar-refractivity contribution in [3.8, 4) is 5.75 Å². The second kappa shape index (κ2) is 9.09. The van der Waals surface area contributed by atoms with E-state index >= 15 is 0 Å². The lowest BCUT2D eigenvalue weighted by Gasteiger charge is -2.15. The third-order valence-corrected chi connectivity index (χ3v) is 5.48. The Balaban J connectivity index is 1.64. The molecule has 10 heteroatoms. The van der Waals surface area contributed by atoms with E-state index < -0.39 is 27.9 Å². The van der Waals surface area contributed by atoms with Gasteiger partial charge in [0.05, 0.1) is 4.90 Å². The number of benzene rings is 2. The maximum atomic E-state index is 13.0. The van der Waals surface area contributed by atoms with Gasteiger partial charge in [-0.25, -0.2) is 27.5 Å². The van der Waals surface area contributed by atoms with Crippen LogP contribution in [0.5, 0.6) is 5.75 Å². The van der Waals surface area contributed by atoms with Crippen molar-refractivity contribution >= 4 is 27.6 Å². The Kier molecular flexibility index (Phi) is 6.50. The molecule has 0 radical (unpaired) electrons. The number of nitrogens with zero attached hydrogens (tertiary/aromatic N) is 2. The zero-order valence-electron chi connectivity index (χ0n) is 17.1. The summed E-state index contributed by atoms with van der Waals surface area (Å²) in [7, 11) is -3.90. The summed E-state index contributed by atoms with van der Waals surface area (Å²) in [6, 6.07) is 12.7. The van der Waals surface area contributed by atoms with Gasteiger partial charge in [-0.15, -0.1) is 0 Å². The molecule has 1 amide bonds. The first-order chi connectivity index (χ1) is 14.6. The molecule has 1 heterocycles. The van der Waals surface area contributed by atoms with Crippen molar-refractivity contribution in [2.24, 2.45) is 0 Å². The van der Waals surface area contributed by atoms with Crippen LogP contribution in [0.1, 0.15) is 18.3 Å². The molecule has 0 bridgehead atoms. The molecule has 0 unspecified atom stereocenters. The second-order valence-corrected chi connectivity index (χ2v) is 8.49. The van der Waals surface area contributed by atoms with Gasteiger partial charge in [0.15, 0.2) is 6.10 Å². The lowest BCUT2D eigenvalue weighted by atomic mass is 10.3. The molecule has 1 aromatic heterocycles. The Morgan fingerprint density at radius 2 is 1.58 bits per heavy atom. The standard InChI is InChI=1S/C21H21FN4O4S/c1-13-12-14(2)24-21(23-13)26-31(28,29)19-10-6-17(7-11-19)25-20(27)15(3)30-18-8-4-16(22)5-9-18/h4-12,15H,1-3H3,(H,25,27)(H,23,24,26)/t15-/m0/s1. The third-order valence-electron chi connectivity index (χ3n) is 4.14. The summed E-state index contributed by atoms with van der Waals surface area (Å²) in [4.78, 5) is 20.4. The smallest absolute Gasteiger partial charge is 0.265 e. The van der Waals surface area contributed by atoms with Crippen LogP contribution in [0.25, 0.3) is 0 Å². The number of nitrogens with one attached hydrogen (secondary N) is 2. The minimum Gasteiger partial charge on any atom is -0.481 e. The molecule has 3 rings (SSSR count). The maximum absolute atomic E-state index is 13.0. The number of hydrogen-bond acceptors (Lipinski definition) is 6. The lowest BCUT2D eigenvalue weighted by molar-refractivity contribution is -0.122. The molecule has 0 aliphatic heterocycles. The molecule has 2 aromatic carbocycles. The van der Waals surface area contributed by atoms with Crippen molar-refractivity contribution in [3.05, 3.63) is 71.8 Å². The second-order valence-electron chi connectivity index (χ2n) is 6.81. The van der Waals surface area contributed by atoms with Crippen LogP contribution in [0.2, 0.25) is 0 Å². The van der Waals surface area contributed by atoms with E-state index in [-0.39, 0.29) is 10.8 Å². The minimum atomic E-state index is -3.90. The number of anilines is 2. The van der Waals surface area contributed by atoms with E-state index in [4.69, 9.17) is 4.74 Å². The maximum Gasteiger partial charge on any atom is 0.265 e. The number of carbonyl (C=O) groups excluding carboxylic acids is 1. The fourth-order valence-electron chi connectivity index (χ4n) is 2.68. The van der Waals surface area contributed by atoms with E-state index in [0.717, 1.165) is 0 Å². The van der Waals surface area contributed by atoms with Gasteiger partial charge in [0.2, 0.25) is 5.95 Å². The molecule has 162 valence electrons. The number of hydrogen-bond donors (Lipinski definition) is 2. The number of ether oxygens (including phenoxy) is 1. The average Bonchev–Trinajstić information content (AvgIpc) is 2.69. The molecule has 0 aliphatic carbocycles. The molecule has 1 atom stereocenters. The van der Waals surface area contributed by atoms with Crippen LogP contribution in [0.4, 0.5) is 16.0 Å². The summed E-state index contributed by atoms with van der Waals surface area (Å²) in [5.41, 5.74) is 1.67. The number of carbonyl (C=O) groups is 1. The molecule has 3 aromatic rings. The molecule has 8 nitrogen and oxygen atoms in total. The summed E-state index contributed by atoms with van der Waals surface area (Å²) in [5.74, 6) is -0.508. The minimum absolute atomic E-state index is 0.0103. The van der Waals surface area contributed by atoms with E-state index in [1.807, 2.05) is 0 Å². The van der Waals surface area contributed by atoms with Gasteiger partial charge in [-0.2, -0.15) is 0 Å². The number of aryl methyl sites for hydroxylation is 2. The van der Waals surface area contributed by atoms with Gasteiger partial charge < -0.3 is 10.1 Å². The quantitative estimate of drug-likeness (QED) is 0.578. The molecule has 0 saturated carbocycles. The van der Waals surface area contributed by atoms with Crippen LogP contribution in [-0.4, -0.2) is 30.4 Å². The van der Waals surface area contributed by atoms with Gasteiger partial charge in [0, 0.05) is 17.1 Å². The normalized spacial score (nSPS) is 12.1. The summed E-state index contributed by atoms with van der Waals surface area (Å²) < 4.78 is 45.9. The van der Waals surface area contributed by atoms with Gasteiger partial charge in [-0.1, -0.05) is 0 Å². The average molecular weight is 444 g/mol. The van der Waals surface area contributed by atoms with Gasteiger partial charge in [-0.3, -0.25) is 4.79 Å². The van der Waals surface area contributed by atoms with E-state index in [9.17, 15) is 17.6 Å². The molecule has 0 fully saturated rings. The fourth-order valence-corrected chi connectivity index (χ4v) is 3.63. The van der Waals surface area contributed by atoms with Crippen molar-refractivity contribution in [2.45, 2.75) is 31.8 Å². The van der Waals surface area contributed by atoms with Crippen molar-refractivity contribution in [1.82, 2.24) is 9.97 Å². The van der Waals surface area contributed by atoms with Crippen molar-refractivity contribution in [1.29, 1.82) is 0 Å². The van der Waals surface area contributed by atoms with Crippen LogP contribution in [-0.2, 0) is 14.8 Å². The topological polar surface area (TPSA) is 110 Å². The Morgan fingerprint density at radius 3 is 2.16 bits per heavy atom. The van der Waals surface area contributed by atoms with Crippen molar-refractivity contribution in [3.63, 3.8) is 0 Å². The summed E-state index contributed by atoms with van der Waals surface area (Å²) in [6.45, 7) is 5.03. The molecular weight excluding hydrogens is 423 g/mol. The monoisotopic (exact) mass is 444 g/mol. The van der Waals surface area contributed by atoms with Crippen molar-refractivity contribution in [2.75, 3.05) is 10.0 Å². The highest BCUT2D eigenvalue weighted by Crippen LogP contribution is 2.18. The summed E-state index contributed by atoms with van der Waals surface area (Å²) in [5, 5.41) is 2.64. The van der Waals surface area contributed by atoms with E-state index in [2.05, 4.69) is 20.0 Å². The number of halogens is 1. The Morgan fingerprint density at radius 1 is 1.00 bits per heavy atom. The highest BCUT2D eigenvalue weighted by atomic mass is 32.2. The van der Waals surface area contributed by atoms with Crippen LogP contribution in [0, 0.1) is 19.7 Å². The number of sulfonamides is 1. The number of rotatable bonds is 7. The Hall–Kier alpha value is -3.53. The number of amides is 1. The molecule has 0 saturated heterocycles.